The maximum absolute atomic E-state index is 5.88. The Bertz CT molecular complexity index is 532. The average Bonchev–Trinajstić information content (AvgIpc) is 2.99. The van der Waals surface area contributed by atoms with Crippen LogP contribution in [-0.2, 0) is 0 Å². The van der Waals surface area contributed by atoms with Crippen LogP contribution < -0.4 is 0 Å². The first-order valence-corrected chi connectivity index (χ1v) is 6.39. The van der Waals surface area contributed by atoms with Crippen molar-refractivity contribution in [1.29, 1.82) is 0 Å². The van der Waals surface area contributed by atoms with Crippen molar-refractivity contribution in [3.8, 4) is 0 Å². The first-order valence-electron chi connectivity index (χ1n) is 5.19. The zero-order valence-electron chi connectivity index (χ0n) is 9.04. The third-order valence-electron chi connectivity index (χ3n) is 2.33. The molecule has 1 saturated carbocycles. The van der Waals surface area contributed by atoms with Crippen molar-refractivity contribution in [3.63, 3.8) is 0 Å². The number of hydrogen-bond acceptors (Lipinski definition) is 6. The molecule has 2 aromatic heterocycles. The predicted octanol–water partition coefficient (Wildman–Crippen LogP) is 1.91. The number of tetrazole rings is 1. The van der Waals surface area contributed by atoms with Crippen LogP contribution in [0.15, 0.2) is 16.2 Å². The van der Waals surface area contributed by atoms with Gasteiger partial charge in [0.2, 0.25) is 5.16 Å². The van der Waals surface area contributed by atoms with Crippen molar-refractivity contribution < 1.29 is 0 Å². The van der Waals surface area contributed by atoms with E-state index < -0.39 is 0 Å². The highest BCUT2D eigenvalue weighted by atomic mass is 35.5. The minimum absolute atomic E-state index is 0.436. The van der Waals surface area contributed by atoms with Crippen LogP contribution in [0.4, 0.5) is 0 Å². The van der Waals surface area contributed by atoms with E-state index in [-0.39, 0.29) is 0 Å². The van der Waals surface area contributed by atoms with Gasteiger partial charge in [0, 0.05) is 6.07 Å². The van der Waals surface area contributed by atoms with Gasteiger partial charge in [0.05, 0.1) is 6.04 Å². The Balaban J connectivity index is 1.88. The van der Waals surface area contributed by atoms with Gasteiger partial charge in [0.1, 0.15) is 16.0 Å². The molecule has 0 bridgehead atoms. The first-order chi connectivity index (χ1) is 8.22. The summed E-state index contributed by atoms with van der Waals surface area (Å²) >= 11 is 7.29. The number of halogens is 1. The van der Waals surface area contributed by atoms with E-state index in [1.54, 1.807) is 13.0 Å². The van der Waals surface area contributed by atoms with E-state index in [1.807, 2.05) is 4.68 Å². The van der Waals surface area contributed by atoms with Gasteiger partial charge in [-0.25, -0.2) is 14.6 Å². The van der Waals surface area contributed by atoms with E-state index in [9.17, 15) is 0 Å². The second-order valence-electron chi connectivity index (χ2n) is 3.82. The summed E-state index contributed by atoms with van der Waals surface area (Å²) in [5.74, 6) is 0.644. The molecule has 88 valence electrons. The zero-order chi connectivity index (χ0) is 11.8. The lowest BCUT2D eigenvalue weighted by Gasteiger charge is -2.02. The summed E-state index contributed by atoms with van der Waals surface area (Å²) in [6.07, 6.45) is 2.28. The van der Waals surface area contributed by atoms with Crippen LogP contribution in [0.25, 0.3) is 0 Å². The van der Waals surface area contributed by atoms with Gasteiger partial charge in [-0.3, -0.25) is 0 Å². The zero-order valence-corrected chi connectivity index (χ0v) is 10.6. The number of aromatic nitrogens is 6. The SMILES string of the molecule is Cc1nc(Cl)cc(Sc2nnnn2C2CC2)n1. The van der Waals surface area contributed by atoms with E-state index in [4.69, 9.17) is 11.6 Å². The average molecular weight is 269 g/mol. The molecule has 6 nitrogen and oxygen atoms in total. The van der Waals surface area contributed by atoms with Crippen LogP contribution in [0.2, 0.25) is 5.15 Å². The Kier molecular flexibility index (Phi) is 2.71. The Morgan fingerprint density at radius 3 is 2.94 bits per heavy atom. The highest BCUT2D eigenvalue weighted by Crippen LogP contribution is 2.37. The summed E-state index contributed by atoms with van der Waals surface area (Å²) in [6, 6.07) is 2.16. The van der Waals surface area contributed by atoms with Gasteiger partial charge < -0.3 is 0 Å². The summed E-state index contributed by atoms with van der Waals surface area (Å²) in [6.45, 7) is 1.81. The molecule has 1 aliphatic carbocycles. The molecule has 2 aromatic rings. The molecule has 1 fully saturated rings. The maximum Gasteiger partial charge on any atom is 0.215 e. The largest absolute Gasteiger partial charge is 0.226 e. The molecule has 0 aliphatic heterocycles. The van der Waals surface area contributed by atoms with Crippen LogP contribution in [-0.4, -0.2) is 30.2 Å². The Hall–Kier alpha value is -1.21. The summed E-state index contributed by atoms with van der Waals surface area (Å²) in [7, 11) is 0. The number of aryl methyl sites for hydroxylation is 1. The topological polar surface area (TPSA) is 69.4 Å². The van der Waals surface area contributed by atoms with Crippen molar-refractivity contribution in [2.45, 2.75) is 36.0 Å². The van der Waals surface area contributed by atoms with Crippen molar-refractivity contribution in [3.05, 3.63) is 17.0 Å². The van der Waals surface area contributed by atoms with Crippen molar-refractivity contribution in [2.75, 3.05) is 0 Å². The number of hydrogen-bond donors (Lipinski definition) is 0. The van der Waals surface area contributed by atoms with Crippen LogP contribution in [0.5, 0.6) is 0 Å². The summed E-state index contributed by atoms with van der Waals surface area (Å²) in [4.78, 5) is 8.30. The molecule has 2 heterocycles. The summed E-state index contributed by atoms with van der Waals surface area (Å²) in [5.41, 5.74) is 0. The fraction of sp³-hybridized carbons (Fsp3) is 0.444. The fourth-order valence-corrected chi connectivity index (χ4v) is 2.63. The first kappa shape index (κ1) is 10.9. The quantitative estimate of drug-likeness (QED) is 0.792. The van der Waals surface area contributed by atoms with Crippen molar-refractivity contribution >= 4 is 23.4 Å². The summed E-state index contributed by atoms with van der Waals surface area (Å²) in [5, 5.41) is 13.6. The molecule has 17 heavy (non-hydrogen) atoms. The minimum Gasteiger partial charge on any atom is -0.226 e. The highest BCUT2D eigenvalue weighted by molar-refractivity contribution is 7.99. The molecular formula is C9H9ClN6S. The van der Waals surface area contributed by atoms with Crippen molar-refractivity contribution in [2.24, 2.45) is 0 Å². The predicted molar refractivity (Wildman–Crippen MR) is 62.0 cm³/mol. The van der Waals surface area contributed by atoms with Crippen LogP contribution >= 0.6 is 23.4 Å². The molecule has 0 N–H and O–H groups in total. The molecule has 0 spiro atoms. The van der Waals surface area contributed by atoms with Gasteiger partial charge in [0.25, 0.3) is 0 Å². The Morgan fingerprint density at radius 2 is 2.24 bits per heavy atom. The summed E-state index contributed by atoms with van der Waals surface area (Å²) < 4.78 is 1.84. The molecule has 0 unspecified atom stereocenters. The minimum atomic E-state index is 0.436. The lowest BCUT2D eigenvalue weighted by atomic mass is 10.6. The Labute approximate surface area is 107 Å². The van der Waals surface area contributed by atoms with Gasteiger partial charge in [-0.15, -0.1) is 5.10 Å². The van der Waals surface area contributed by atoms with E-state index in [1.165, 1.54) is 11.8 Å². The standard InChI is InChI=1S/C9H9ClN6S/c1-5-11-7(10)4-8(12-5)17-9-13-14-15-16(9)6-2-3-6/h4,6H,2-3H2,1H3. The molecular weight excluding hydrogens is 260 g/mol. The maximum atomic E-state index is 5.88. The van der Waals surface area contributed by atoms with Gasteiger partial charge in [-0.1, -0.05) is 11.6 Å². The molecule has 0 aromatic carbocycles. The lowest BCUT2D eigenvalue weighted by molar-refractivity contribution is 0.565. The molecule has 0 saturated heterocycles. The second-order valence-corrected chi connectivity index (χ2v) is 5.19. The van der Waals surface area contributed by atoms with Crippen LogP contribution in [0.1, 0.15) is 24.7 Å². The molecule has 1 aliphatic rings. The van der Waals surface area contributed by atoms with E-state index in [2.05, 4.69) is 25.5 Å². The van der Waals surface area contributed by atoms with Gasteiger partial charge >= 0.3 is 0 Å². The molecule has 8 heteroatoms. The third kappa shape index (κ3) is 2.39. The lowest BCUT2D eigenvalue weighted by Crippen LogP contribution is -1.99. The third-order valence-corrected chi connectivity index (χ3v) is 3.40. The number of rotatable bonds is 3. The van der Waals surface area contributed by atoms with Gasteiger partial charge in [-0.2, -0.15) is 0 Å². The molecule has 3 rings (SSSR count). The van der Waals surface area contributed by atoms with Crippen LogP contribution in [0.3, 0.4) is 0 Å². The van der Waals surface area contributed by atoms with Gasteiger partial charge in [-0.05, 0) is 42.0 Å². The molecule has 0 atom stereocenters. The Morgan fingerprint density at radius 1 is 1.41 bits per heavy atom. The fourth-order valence-electron chi connectivity index (χ4n) is 1.45. The number of nitrogens with zero attached hydrogens (tertiary/aromatic N) is 6. The van der Waals surface area contributed by atoms with Gasteiger partial charge in [0.15, 0.2) is 0 Å². The highest BCUT2D eigenvalue weighted by Gasteiger charge is 2.28. The monoisotopic (exact) mass is 268 g/mol. The van der Waals surface area contributed by atoms with E-state index >= 15 is 0 Å². The molecule has 0 amide bonds. The van der Waals surface area contributed by atoms with Crippen LogP contribution in [0, 0.1) is 6.92 Å². The molecule has 0 radical (unpaired) electrons. The normalized spacial score (nSPS) is 15.2. The van der Waals surface area contributed by atoms with E-state index in [0.717, 1.165) is 23.0 Å². The van der Waals surface area contributed by atoms with E-state index in [0.29, 0.717) is 17.0 Å². The van der Waals surface area contributed by atoms with Crippen molar-refractivity contribution in [1.82, 2.24) is 30.2 Å². The smallest absolute Gasteiger partial charge is 0.215 e. The second kappa shape index (κ2) is 4.23.